The summed E-state index contributed by atoms with van der Waals surface area (Å²) in [4.78, 5) is 18.0. The lowest BCUT2D eigenvalue weighted by atomic mass is 10.2. The number of nitrogens with one attached hydrogen (secondary N) is 1. The van der Waals surface area contributed by atoms with E-state index in [2.05, 4.69) is 10.3 Å². The van der Waals surface area contributed by atoms with Gasteiger partial charge in [0.15, 0.2) is 0 Å². The number of hydrogen-bond acceptors (Lipinski definition) is 7. The number of anilines is 1. The summed E-state index contributed by atoms with van der Waals surface area (Å²) in [6.45, 7) is 0. The van der Waals surface area contributed by atoms with E-state index >= 15 is 0 Å². The molecule has 0 bridgehead atoms. The van der Waals surface area contributed by atoms with Crippen LogP contribution >= 0.6 is 23.1 Å². The Balaban J connectivity index is 1.74. The van der Waals surface area contributed by atoms with Gasteiger partial charge in [-0.15, -0.1) is 23.1 Å². The van der Waals surface area contributed by atoms with E-state index in [0.717, 1.165) is 20.6 Å². The second-order valence-electron chi connectivity index (χ2n) is 6.40. The smallest absolute Gasteiger partial charge is 0.255 e. The standard InChI is InChI=1S/C20H21N3O4S3/c1-23(2)30(25,26)17-8-9-19(27-3)18(10-17)22-20(24)14-4-6-16(7-5-14)29-12-15-11-28-13-21-15/h4-11,13H,12H2,1-3H3,(H,22,24). The van der Waals surface area contributed by atoms with E-state index in [0.29, 0.717) is 11.3 Å². The first-order valence-electron chi connectivity index (χ1n) is 8.83. The summed E-state index contributed by atoms with van der Waals surface area (Å²) in [6, 6.07) is 11.6. The van der Waals surface area contributed by atoms with Crippen molar-refractivity contribution in [3.63, 3.8) is 0 Å². The SMILES string of the molecule is COc1ccc(S(=O)(=O)N(C)C)cc1NC(=O)c1ccc(SCc2cscn2)cc1. The molecule has 0 aliphatic carbocycles. The highest BCUT2D eigenvalue weighted by Crippen LogP contribution is 2.29. The van der Waals surface area contributed by atoms with Gasteiger partial charge in [0.2, 0.25) is 10.0 Å². The molecule has 158 valence electrons. The van der Waals surface area contributed by atoms with Crippen molar-refractivity contribution in [3.8, 4) is 5.75 Å². The molecule has 0 saturated heterocycles. The summed E-state index contributed by atoms with van der Waals surface area (Å²) < 4.78 is 31.2. The lowest BCUT2D eigenvalue weighted by molar-refractivity contribution is 0.102. The quantitative estimate of drug-likeness (QED) is 0.509. The van der Waals surface area contributed by atoms with Crippen LogP contribution < -0.4 is 10.1 Å². The third-order valence-corrected chi connectivity index (χ3v) is 7.68. The zero-order chi connectivity index (χ0) is 21.7. The van der Waals surface area contributed by atoms with Crippen molar-refractivity contribution in [2.24, 2.45) is 0 Å². The molecule has 1 aromatic heterocycles. The molecule has 30 heavy (non-hydrogen) atoms. The maximum absolute atomic E-state index is 12.7. The number of methoxy groups -OCH3 is 1. The van der Waals surface area contributed by atoms with Gasteiger partial charge in [0.05, 0.1) is 28.9 Å². The van der Waals surface area contributed by atoms with Crippen LogP contribution in [0, 0.1) is 0 Å². The van der Waals surface area contributed by atoms with Gasteiger partial charge in [-0.2, -0.15) is 0 Å². The number of nitrogens with zero attached hydrogens (tertiary/aromatic N) is 2. The molecule has 1 heterocycles. The molecule has 0 aliphatic heterocycles. The van der Waals surface area contributed by atoms with Crippen molar-refractivity contribution in [2.75, 3.05) is 26.5 Å². The van der Waals surface area contributed by atoms with Gasteiger partial charge in [0.1, 0.15) is 5.75 Å². The zero-order valence-electron chi connectivity index (χ0n) is 16.7. The Bertz CT molecular complexity index is 1110. The molecule has 7 nitrogen and oxygen atoms in total. The van der Waals surface area contributed by atoms with E-state index in [1.165, 1.54) is 39.4 Å². The number of aromatic nitrogens is 1. The average Bonchev–Trinajstić information content (AvgIpc) is 3.26. The van der Waals surface area contributed by atoms with Crippen LogP contribution in [0.4, 0.5) is 5.69 Å². The molecular weight excluding hydrogens is 442 g/mol. The van der Waals surface area contributed by atoms with Gasteiger partial charge in [-0.3, -0.25) is 4.79 Å². The number of ether oxygens (including phenoxy) is 1. The van der Waals surface area contributed by atoms with Crippen LogP contribution in [0.5, 0.6) is 5.75 Å². The highest BCUT2D eigenvalue weighted by Gasteiger charge is 2.20. The van der Waals surface area contributed by atoms with E-state index < -0.39 is 10.0 Å². The van der Waals surface area contributed by atoms with E-state index in [1.54, 1.807) is 40.7 Å². The molecular formula is C20H21N3O4S3. The number of rotatable bonds is 8. The van der Waals surface area contributed by atoms with Crippen molar-refractivity contribution < 1.29 is 17.9 Å². The summed E-state index contributed by atoms with van der Waals surface area (Å²) in [6.07, 6.45) is 0. The molecule has 1 amide bonds. The minimum absolute atomic E-state index is 0.0670. The third-order valence-electron chi connectivity index (χ3n) is 4.18. The topological polar surface area (TPSA) is 88.6 Å². The van der Waals surface area contributed by atoms with E-state index in [-0.39, 0.29) is 16.5 Å². The van der Waals surface area contributed by atoms with Crippen LogP contribution in [0.3, 0.4) is 0 Å². The first kappa shape index (κ1) is 22.3. The first-order chi connectivity index (χ1) is 14.3. The number of thioether (sulfide) groups is 1. The maximum Gasteiger partial charge on any atom is 0.255 e. The number of carbonyl (C=O) groups excluding carboxylic acids is 1. The Hall–Kier alpha value is -2.40. The van der Waals surface area contributed by atoms with Crippen LogP contribution in [0.25, 0.3) is 0 Å². The molecule has 0 fully saturated rings. The number of benzene rings is 2. The average molecular weight is 464 g/mol. The van der Waals surface area contributed by atoms with Gasteiger partial charge >= 0.3 is 0 Å². The summed E-state index contributed by atoms with van der Waals surface area (Å²) in [5.74, 6) is 0.777. The predicted molar refractivity (Wildman–Crippen MR) is 120 cm³/mol. The van der Waals surface area contributed by atoms with E-state index in [4.69, 9.17) is 4.74 Å². The van der Waals surface area contributed by atoms with Crippen LogP contribution in [0.2, 0.25) is 0 Å². The molecule has 0 unspecified atom stereocenters. The molecule has 2 aromatic carbocycles. The first-order valence-corrected chi connectivity index (χ1v) is 12.2. The summed E-state index contributed by atoms with van der Waals surface area (Å²) in [5.41, 5.74) is 3.56. The Morgan fingerprint density at radius 1 is 1.20 bits per heavy atom. The third kappa shape index (κ3) is 5.20. The normalized spacial score (nSPS) is 11.5. The lowest BCUT2D eigenvalue weighted by Crippen LogP contribution is -2.22. The largest absolute Gasteiger partial charge is 0.495 e. The second-order valence-corrected chi connectivity index (χ2v) is 10.3. The van der Waals surface area contributed by atoms with Gasteiger partial charge in [-0.25, -0.2) is 17.7 Å². The highest BCUT2D eigenvalue weighted by atomic mass is 32.2. The molecule has 3 aromatic rings. The zero-order valence-corrected chi connectivity index (χ0v) is 19.1. The molecule has 3 rings (SSSR count). The van der Waals surface area contributed by atoms with Crippen LogP contribution in [-0.2, 0) is 15.8 Å². The molecule has 10 heteroatoms. The monoisotopic (exact) mass is 463 g/mol. The Kier molecular flexibility index (Phi) is 7.14. The van der Waals surface area contributed by atoms with Crippen molar-refractivity contribution in [1.29, 1.82) is 0 Å². The number of sulfonamides is 1. The van der Waals surface area contributed by atoms with Crippen LogP contribution in [0.1, 0.15) is 16.1 Å². The van der Waals surface area contributed by atoms with Crippen molar-refractivity contribution in [2.45, 2.75) is 15.5 Å². The molecule has 0 saturated carbocycles. The summed E-state index contributed by atoms with van der Waals surface area (Å²) in [5, 5.41) is 4.75. The minimum atomic E-state index is -3.64. The van der Waals surface area contributed by atoms with E-state index in [1.807, 2.05) is 17.5 Å². The maximum atomic E-state index is 12.7. The van der Waals surface area contributed by atoms with Crippen molar-refractivity contribution >= 4 is 44.7 Å². The molecule has 1 N–H and O–H groups in total. The van der Waals surface area contributed by atoms with E-state index in [9.17, 15) is 13.2 Å². The fourth-order valence-corrected chi connectivity index (χ4v) is 4.91. The fraction of sp³-hybridized carbons (Fsp3) is 0.200. The number of amides is 1. The minimum Gasteiger partial charge on any atom is -0.495 e. The van der Waals surface area contributed by atoms with Gasteiger partial charge < -0.3 is 10.1 Å². The molecule has 0 atom stereocenters. The Labute approximate surface area is 184 Å². The molecule has 0 radical (unpaired) electrons. The molecule has 0 aliphatic rings. The fourth-order valence-electron chi connectivity index (χ4n) is 2.52. The Morgan fingerprint density at radius 3 is 2.53 bits per heavy atom. The van der Waals surface area contributed by atoms with Gasteiger partial charge in [-0.1, -0.05) is 0 Å². The summed E-state index contributed by atoms with van der Waals surface area (Å²) >= 11 is 3.20. The summed E-state index contributed by atoms with van der Waals surface area (Å²) in [7, 11) is 0.722. The lowest BCUT2D eigenvalue weighted by Gasteiger charge is -2.15. The number of hydrogen-bond donors (Lipinski definition) is 1. The van der Waals surface area contributed by atoms with Crippen molar-refractivity contribution in [1.82, 2.24) is 9.29 Å². The van der Waals surface area contributed by atoms with Gasteiger partial charge in [-0.05, 0) is 42.5 Å². The molecule has 0 spiro atoms. The van der Waals surface area contributed by atoms with Crippen LogP contribution in [0.15, 0.2) is 63.1 Å². The number of thiazole rings is 1. The van der Waals surface area contributed by atoms with Gasteiger partial charge in [0.25, 0.3) is 5.91 Å². The predicted octanol–water partition coefficient (Wildman–Crippen LogP) is 3.95. The Morgan fingerprint density at radius 2 is 1.93 bits per heavy atom. The van der Waals surface area contributed by atoms with Crippen LogP contribution in [-0.4, -0.2) is 44.8 Å². The second kappa shape index (κ2) is 9.61. The number of carbonyl (C=O) groups is 1. The highest BCUT2D eigenvalue weighted by molar-refractivity contribution is 7.98. The van der Waals surface area contributed by atoms with Gasteiger partial charge in [0, 0.05) is 35.7 Å². The van der Waals surface area contributed by atoms with Crippen molar-refractivity contribution in [3.05, 3.63) is 64.6 Å².